The Morgan fingerprint density at radius 1 is 1.18 bits per heavy atom. The number of benzene rings is 1. The minimum atomic E-state index is -0.384. The molecule has 0 saturated heterocycles. The average molecular weight is 469 g/mol. The van der Waals surface area contributed by atoms with Gasteiger partial charge in [-0.1, -0.05) is 17.4 Å². The molecular weight excluding hydrogens is 440 g/mol. The number of carbonyl (C=O) groups excluding carboxylic acids is 1. The Labute approximate surface area is 196 Å². The molecule has 0 aliphatic heterocycles. The van der Waals surface area contributed by atoms with Crippen molar-refractivity contribution < 1.29 is 19.4 Å². The van der Waals surface area contributed by atoms with Crippen LogP contribution in [0.4, 0.5) is 5.13 Å². The van der Waals surface area contributed by atoms with Crippen molar-refractivity contribution in [3.8, 4) is 11.1 Å². The van der Waals surface area contributed by atoms with Crippen LogP contribution in [0.1, 0.15) is 44.9 Å². The smallest absolute Gasteiger partial charge is 0.229 e. The summed E-state index contributed by atoms with van der Waals surface area (Å²) in [6.07, 6.45) is 7.49. The van der Waals surface area contributed by atoms with Crippen LogP contribution in [0.25, 0.3) is 21.3 Å². The topological polar surface area (TPSA) is 106 Å². The van der Waals surface area contributed by atoms with Crippen LogP contribution in [0.2, 0.25) is 0 Å². The summed E-state index contributed by atoms with van der Waals surface area (Å²) in [6.45, 7) is 2.96. The Bertz CT molecular complexity index is 1110. The second-order valence-corrected chi connectivity index (χ2v) is 9.70. The van der Waals surface area contributed by atoms with Gasteiger partial charge in [0.15, 0.2) is 11.0 Å². The van der Waals surface area contributed by atoms with Gasteiger partial charge in [0.2, 0.25) is 5.91 Å². The Morgan fingerprint density at radius 2 is 2.00 bits per heavy atom. The molecule has 8 nitrogen and oxygen atoms in total. The molecule has 2 N–H and O–H groups in total. The Kier molecular flexibility index (Phi) is 6.64. The lowest BCUT2D eigenvalue weighted by molar-refractivity contribution is -0.128. The van der Waals surface area contributed by atoms with Crippen LogP contribution < -0.4 is 5.32 Å². The number of hydrogen-bond acceptors (Lipinski definition) is 8. The van der Waals surface area contributed by atoms with Crippen LogP contribution >= 0.6 is 11.3 Å². The summed E-state index contributed by atoms with van der Waals surface area (Å²) in [5, 5.41) is 13.4. The molecule has 0 unspecified atom stereocenters. The molecule has 33 heavy (non-hydrogen) atoms. The minimum Gasteiger partial charge on any atom is -0.390 e. The summed E-state index contributed by atoms with van der Waals surface area (Å²) in [5.41, 5.74) is 2.74. The van der Waals surface area contributed by atoms with E-state index in [2.05, 4.69) is 20.3 Å². The number of aromatic nitrogens is 3. The molecule has 2 saturated carbocycles. The maximum Gasteiger partial charge on any atom is 0.229 e. The van der Waals surface area contributed by atoms with Crippen molar-refractivity contribution in [3.05, 3.63) is 36.4 Å². The molecule has 174 valence electrons. The van der Waals surface area contributed by atoms with Gasteiger partial charge in [0, 0.05) is 30.5 Å². The van der Waals surface area contributed by atoms with E-state index in [9.17, 15) is 9.90 Å². The van der Waals surface area contributed by atoms with E-state index >= 15 is 0 Å². The molecule has 1 amide bonds. The van der Waals surface area contributed by atoms with Crippen molar-refractivity contribution in [2.24, 2.45) is 5.92 Å². The molecule has 9 heteroatoms. The van der Waals surface area contributed by atoms with E-state index in [0.29, 0.717) is 24.2 Å². The van der Waals surface area contributed by atoms with E-state index in [0.717, 1.165) is 53.4 Å². The molecule has 2 heterocycles. The van der Waals surface area contributed by atoms with E-state index in [1.54, 1.807) is 12.4 Å². The first-order valence-corrected chi connectivity index (χ1v) is 12.3. The number of nitrogens with one attached hydrogen (secondary N) is 1. The van der Waals surface area contributed by atoms with Crippen LogP contribution in [-0.4, -0.2) is 50.9 Å². The molecule has 3 aromatic rings. The standard InChI is InChI=1S/C24H28N4O4S/c1-2-31-17-8-15(9-17)23(30)28-24-27-18-7-6-14(10-21(18)33-24)16-11-25-22(26-12-16)13-32-20-5-3-4-19(20)29/h6-7,10-12,15,17,19-20,29H,2-5,8-9,13H2,1H3,(H,27,28,30)/t15-,17+,19-,20-/m0/s1. The van der Waals surface area contributed by atoms with Crippen molar-refractivity contribution in [2.45, 2.75) is 63.9 Å². The van der Waals surface area contributed by atoms with Gasteiger partial charge in [-0.2, -0.15) is 0 Å². The number of rotatable bonds is 8. The maximum atomic E-state index is 12.5. The van der Waals surface area contributed by atoms with Crippen molar-refractivity contribution in [1.82, 2.24) is 15.0 Å². The van der Waals surface area contributed by atoms with Gasteiger partial charge in [0.05, 0.1) is 28.5 Å². The molecular formula is C24H28N4O4S. The molecule has 2 fully saturated rings. The van der Waals surface area contributed by atoms with Gasteiger partial charge in [-0.3, -0.25) is 4.79 Å². The number of fused-ring (bicyclic) bond motifs is 1. The molecule has 2 aromatic heterocycles. The SMILES string of the molecule is CCO[C@H]1C[C@@H](C(=O)Nc2nc3ccc(-c4cnc(CO[C@H]5CCC[C@@H]5O)nc4)cc3s2)C1. The number of thiazole rings is 1. The normalized spacial score (nSPS) is 24.7. The molecule has 2 aliphatic rings. The monoisotopic (exact) mass is 468 g/mol. The van der Waals surface area contributed by atoms with Crippen LogP contribution in [0.5, 0.6) is 0 Å². The van der Waals surface area contributed by atoms with Gasteiger partial charge in [-0.25, -0.2) is 15.0 Å². The second kappa shape index (κ2) is 9.80. The zero-order chi connectivity index (χ0) is 22.8. The highest BCUT2D eigenvalue weighted by Crippen LogP contribution is 2.34. The lowest BCUT2D eigenvalue weighted by Gasteiger charge is -2.33. The van der Waals surface area contributed by atoms with Crippen LogP contribution in [0, 0.1) is 5.92 Å². The van der Waals surface area contributed by atoms with Crippen molar-refractivity contribution in [1.29, 1.82) is 0 Å². The summed E-state index contributed by atoms with van der Waals surface area (Å²) in [7, 11) is 0. The van der Waals surface area contributed by atoms with E-state index in [4.69, 9.17) is 9.47 Å². The van der Waals surface area contributed by atoms with Crippen LogP contribution in [-0.2, 0) is 20.9 Å². The van der Waals surface area contributed by atoms with Gasteiger partial charge in [-0.15, -0.1) is 0 Å². The average Bonchev–Trinajstić information content (AvgIpc) is 3.39. The summed E-state index contributed by atoms with van der Waals surface area (Å²) in [5.74, 6) is 0.617. The highest BCUT2D eigenvalue weighted by Gasteiger charge is 2.35. The fourth-order valence-corrected chi connectivity index (χ4v) is 5.29. The van der Waals surface area contributed by atoms with Crippen molar-refractivity contribution >= 4 is 32.6 Å². The molecule has 0 bridgehead atoms. The van der Waals surface area contributed by atoms with Gasteiger partial charge in [-0.05, 0) is 56.7 Å². The van der Waals surface area contributed by atoms with E-state index in [1.165, 1.54) is 11.3 Å². The quantitative estimate of drug-likeness (QED) is 0.516. The largest absolute Gasteiger partial charge is 0.390 e. The number of ether oxygens (including phenoxy) is 2. The second-order valence-electron chi connectivity index (χ2n) is 8.67. The molecule has 1 aromatic carbocycles. The Hall–Kier alpha value is -2.46. The van der Waals surface area contributed by atoms with Gasteiger partial charge < -0.3 is 19.9 Å². The van der Waals surface area contributed by atoms with Gasteiger partial charge in [0.1, 0.15) is 6.61 Å². The fourth-order valence-electron chi connectivity index (χ4n) is 4.38. The van der Waals surface area contributed by atoms with Gasteiger partial charge >= 0.3 is 0 Å². The van der Waals surface area contributed by atoms with Crippen molar-refractivity contribution in [2.75, 3.05) is 11.9 Å². The highest BCUT2D eigenvalue weighted by atomic mass is 32.1. The summed E-state index contributed by atoms with van der Waals surface area (Å²) >= 11 is 1.46. The van der Waals surface area contributed by atoms with Crippen LogP contribution in [0.3, 0.4) is 0 Å². The van der Waals surface area contributed by atoms with E-state index in [1.807, 2.05) is 25.1 Å². The number of anilines is 1. The third kappa shape index (κ3) is 5.06. The molecule has 0 radical (unpaired) electrons. The van der Waals surface area contributed by atoms with Crippen LogP contribution in [0.15, 0.2) is 30.6 Å². The first-order valence-electron chi connectivity index (χ1n) is 11.5. The Balaban J connectivity index is 1.21. The van der Waals surface area contributed by atoms with E-state index in [-0.39, 0.29) is 30.1 Å². The number of amides is 1. The number of aliphatic hydroxyl groups excluding tert-OH is 1. The first kappa shape index (κ1) is 22.3. The zero-order valence-electron chi connectivity index (χ0n) is 18.6. The highest BCUT2D eigenvalue weighted by molar-refractivity contribution is 7.22. The minimum absolute atomic E-state index is 0.000647. The lowest BCUT2D eigenvalue weighted by Crippen LogP contribution is -2.39. The lowest BCUT2D eigenvalue weighted by atomic mass is 9.81. The molecule has 2 aliphatic carbocycles. The zero-order valence-corrected chi connectivity index (χ0v) is 19.4. The number of aliphatic hydroxyl groups is 1. The maximum absolute atomic E-state index is 12.5. The molecule has 0 spiro atoms. The predicted molar refractivity (Wildman–Crippen MR) is 126 cm³/mol. The number of hydrogen-bond donors (Lipinski definition) is 2. The Morgan fingerprint density at radius 3 is 2.73 bits per heavy atom. The third-order valence-corrected chi connectivity index (χ3v) is 7.30. The fraction of sp³-hybridized carbons (Fsp3) is 0.500. The van der Waals surface area contributed by atoms with Crippen molar-refractivity contribution in [3.63, 3.8) is 0 Å². The predicted octanol–water partition coefficient (Wildman–Crippen LogP) is 3.94. The first-order chi connectivity index (χ1) is 16.1. The van der Waals surface area contributed by atoms with Gasteiger partial charge in [0.25, 0.3) is 0 Å². The molecule has 5 rings (SSSR count). The summed E-state index contributed by atoms with van der Waals surface area (Å²) in [6, 6.07) is 5.97. The van der Waals surface area contributed by atoms with E-state index < -0.39 is 0 Å². The summed E-state index contributed by atoms with van der Waals surface area (Å²) < 4.78 is 12.3. The third-order valence-electron chi connectivity index (χ3n) is 6.37. The molecule has 2 atom stereocenters. The number of carbonyl (C=O) groups is 1. The number of nitrogens with zero attached hydrogens (tertiary/aromatic N) is 3. The summed E-state index contributed by atoms with van der Waals surface area (Å²) in [4.78, 5) is 25.9.